The molecule has 0 unspecified atom stereocenters. The molecule has 1 fully saturated rings. The van der Waals surface area contributed by atoms with E-state index in [1.807, 2.05) is 19.1 Å². The van der Waals surface area contributed by atoms with Crippen molar-refractivity contribution in [3.63, 3.8) is 0 Å². The molecule has 1 aromatic heterocycles. The molecule has 21 heavy (non-hydrogen) atoms. The van der Waals surface area contributed by atoms with Crippen LogP contribution in [0.1, 0.15) is 15.6 Å². The molecule has 6 heteroatoms. The SMILES string of the molecule is Cc1nnc(COc2cccc(CN3CCOCC3)c2)s1. The zero-order chi connectivity index (χ0) is 14.5. The fraction of sp³-hybridized carbons (Fsp3) is 0.467. The third kappa shape index (κ3) is 4.23. The first-order valence-electron chi connectivity index (χ1n) is 7.10. The Morgan fingerprint density at radius 2 is 2.14 bits per heavy atom. The molecule has 0 atom stereocenters. The average Bonchev–Trinajstić information content (AvgIpc) is 2.92. The van der Waals surface area contributed by atoms with Gasteiger partial charge in [0.25, 0.3) is 0 Å². The van der Waals surface area contributed by atoms with Crippen molar-refractivity contribution in [2.45, 2.75) is 20.1 Å². The quantitative estimate of drug-likeness (QED) is 0.848. The lowest BCUT2D eigenvalue weighted by molar-refractivity contribution is 0.0341. The molecule has 0 N–H and O–H groups in total. The first-order chi connectivity index (χ1) is 10.3. The molecule has 0 bridgehead atoms. The van der Waals surface area contributed by atoms with Gasteiger partial charge in [0.2, 0.25) is 0 Å². The van der Waals surface area contributed by atoms with Crippen molar-refractivity contribution in [2.24, 2.45) is 0 Å². The summed E-state index contributed by atoms with van der Waals surface area (Å²) in [5.41, 5.74) is 1.27. The van der Waals surface area contributed by atoms with Crippen molar-refractivity contribution in [1.82, 2.24) is 15.1 Å². The van der Waals surface area contributed by atoms with Crippen molar-refractivity contribution in [3.8, 4) is 5.75 Å². The highest BCUT2D eigenvalue weighted by Crippen LogP contribution is 2.18. The van der Waals surface area contributed by atoms with Crippen LogP contribution in [0.4, 0.5) is 0 Å². The van der Waals surface area contributed by atoms with E-state index in [9.17, 15) is 0 Å². The van der Waals surface area contributed by atoms with E-state index >= 15 is 0 Å². The van der Waals surface area contributed by atoms with Crippen molar-refractivity contribution in [1.29, 1.82) is 0 Å². The molecule has 1 aromatic carbocycles. The van der Waals surface area contributed by atoms with Gasteiger partial charge in [-0.1, -0.05) is 23.5 Å². The van der Waals surface area contributed by atoms with Crippen LogP contribution in [0.25, 0.3) is 0 Å². The van der Waals surface area contributed by atoms with Gasteiger partial charge < -0.3 is 9.47 Å². The lowest BCUT2D eigenvalue weighted by atomic mass is 10.2. The first-order valence-corrected chi connectivity index (χ1v) is 7.92. The van der Waals surface area contributed by atoms with E-state index in [2.05, 4.69) is 27.2 Å². The number of ether oxygens (including phenoxy) is 2. The maximum Gasteiger partial charge on any atom is 0.155 e. The minimum absolute atomic E-state index is 0.479. The number of rotatable bonds is 5. The zero-order valence-corrected chi connectivity index (χ0v) is 12.9. The summed E-state index contributed by atoms with van der Waals surface area (Å²) in [6.45, 7) is 7.01. The Kier molecular flexibility index (Phi) is 4.80. The van der Waals surface area contributed by atoms with Gasteiger partial charge in [0, 0.05) is 19.6 Å². The van der Waals surface area contributed by atoms with Crippen LogP contribution < -0.4 is 4.74 Å². The molecule has 2 aromatic rings. The third-order valence-electron chi connectivity index (χ3n) is 3.34. The molecule has 0 aliphatic carbocycles. The summed E-state index contributed by atoms with van der Waals surface area (Å²) in [5, 5.41) is 9.94. The number of morpholine rings is 1. The van der Waals surface area contributed by atoms with Crippen LogP contribution in [-0.2, 0) is 17.9 Å². The van der Waals surface area contributed by atoms with Crippen molar-refractivity contribution in [2.75, 3.05) is 26.3 Å². The summed E-state index contributed by atoms with van der Waals surface area (Å²) >= 11 is 1.57. The van der Waals surface area contributed by atoms with Gasteiger partial charge in [-0.3, -0.25) is 4.90 Å². The highest BCUT2D eigenvalue weighted by Gasteiger charge is 2.11. The Morgan fingerprint density at radius 3 is 2.90 bits per heavy atom. The van der Waals surface area contributed by atoms with Crippen molar-refractivity contribution >= 4 is 11.3 Å². The standard InChI is InChI=1S/C15H19N3O2S/c1-12-16-17-15(21-12)11-20-14-4-2-3-13(9-14)10-18-5-7-19-8-6-18/h2-4,9H,5-8,10-11H2,1H3. The Hall–Kier alpha value is -1.50. The predicted octanol–water partition coefficient (Wildman–Crippen LogP) is 2.26. The van der Waals surface area contributed by atoms with Gasteiger partial charge in [-0.05, 0) is 24.6 Å². The van der Waals surface area contributed by atoms with E-state index in [-0.39, 0.29) is 0 Å². The van der Waals surface area contributed by atoms with Crippen LogP contribution in [0.2, 0.25) is 0 Å². The highest BCUT2D eigenvalue weighted by molar-refractivity contribution is 7.11. The second-order valence-electron chi connectivity index (χ2n) is 5.04. The number of aryl methyl sites for hydroxylation is 1. The fourth-order valence-electron chi connectivity index (χ4n) is 2.29. The van der Waals surface area contributed by atoms with E-state index in [0.29, 0.717) is 6.61 Å². The summed E-state index contributed by atoms with van der Waals surface area (Å²) in [5.74, 6) is 0.883. The normalized spacial score (nSPS) is 16.0. The summed E-state index contributed by atoms with van der Waals surface area (Å²) in [4.78, 5) is 2.40. The molecule has 0 saturated carbocycles. The van der Waals surface area contributed by atoms with Gasteiger partial charge in [0.15, 0.2) is 5.01 Å². The van der Waals surface area contributed by atoms with E-state index in [0.717, 1.165) is 48.6 Å². The van der Waals surface area contributed by atoms with Crippen LogP contribution >= 0.6 is 11.3 Å². The van der Waals surface area contributed by atoms with Gasteiger partial charge in [0.05, 0.1) is 13.2 Å². The van der Waals surface area contributed by atoms with Crippen LogP contribution in [0.15, 0.2) is 24.3 Å². The highest BCUT2D eigenvalue weighted by atomic mass is 32.1. The van der Waals surface area contributed by atoms with E-state index < -0.39 is 0 Å². The summed E-state index contributed by atoms with van der Waals surface area (Å²) in [6.07, 6.45) is 0. The Bertz CT molecular complexity index is 582. The summed E-state index contributed by atoms with van der Waals surface area (Å²) in [7, 11) is 0. The molecule has 2 heterocycles. The molecule has 3 rings (SSSR count). The lowest BCUT2D eigenvalue weighted by Gasteiger charge is -2.26. The summed E-state index contributed by atoms with van der Waals surface area (Å²) < 4.78 is 11.2. The molecule has 5 nitrogen and oxygen atoms in total. The van der Waals surface area contributed by atoms with Crippen LogP contribution in [-0.4, -0.2) is 41.4 Å². The van der Waals surface area contributed by atoms with E-state index in [4.69, 9.17) is 9.47 Å². The van der Waals surface area contributed by atoms with Gasteiger partial charge in [0.1, 0.15) is 17.4 Å². The van der Waals surface area contributed by atoms with E-state index in [1.165, 1.54) is 5.56 Å². The topological polar surface area (TPSA) is 47.5 Å². The zero-order valence-electron chi connectivity index (χ0n) is 12.1. The van der Waals surface area contributed by atoms with Gasteiger partial charge in [-0.15, -0.1) is 10.2 Å². The monoisotopic (exact) mass is 305 g/mol. The van der Waals surface area contributed by atoms with Crippen LogP contribution in [0.3, 0.4) is 0 Å². The molecule has 1 saturated heterocycles. The number of hydrogen-bond donors (Lipinski definition) is 0. The Morgan fingerprint density at radius 1 is 1.29 bits per heavy atom. The molecule has 1 aliphatic rings. The Balaban J connectivity index is 1.57. The van der Waals surface area contributed by atoms with Gasteiger partial charge >= 0.3 is 0 Å². The number of nitrogens with zero attached hydrogens (tertiary/aromatic N) is 3. The maximum absolute atomic E-state index is 5.80. The number of aromatic nitrogens is 2. The number of benzene rings is 1. The average molecular weight is 305 g/mol. The first kappa shape index (κ1) is 14.4. The van der Waals surface area contributed by atoms with Gasteiger partial charge in [-0.25, -0.2) is 0 Å². The third-order valence-corrected chi connectivity index (χ3v) is 4.15. The molecular formula is C15H19N3O2S. The largest absolute Gasteiger partial charge is 0.486 e. The van der Waals surface area contributed by atoms with Crippen LogP contribution in [0.5, 0.6) is 5.75 Å². The van der Waals surface area contributed by atoms with Crippen molar-refractivity contribution < 1.29 is 9.47 Å². The second-order valence-corrected chi connectivity index (χ2v) is 6.31. The molecule has 112 valence electrons. The van der Waals surface area contributed by atoms with Crippen LogP contribution in [0, 0.1) is 6.92 Å². The van der Waals surface area contributed by atoms with Crippen molar-refractivity contribution in [3.05, 3.63) is 39.8 Å². The van der Waals surface area contributed by atoms with E-state index in [1.54, 1.807) is 11.3 Å². The smallest absolute Gasteiger partial charge is 0.155 e. The predicted molar refractivity (Wildman–Crippen MR) is 81.5 cm³/mol. The lowest BCUT2D eigenvalue weighted by Crippen LogP contribution is -2.35. The Labute approximate surface area is 128 Å². The fourth-order valence-corrected chi connectivity index (χ4v) is 2.91. The minimum Gasteiger partial charge on any atom is -0.486 e. The summed E-state index contributed by atoms with van der Waals surface area (Å²) in [6, 6.07) is 8.26. The molecule has 1 aliphatic heterocycles. The molecule has 0 radical (unpaired) electrons. The second kappa shape index (κ2) is 6.98. The minimum atomic E-state index is 0.479. The molecule has 0 amide bonds. The number of hydrogen-bond acceptors (Lipinski definition) is 6. The maximum atomic E-state index is 5.80. The molecular weight excluding hydrogens is 286 g/mol. The van der Waals surface area contributed by atoms with Gasteiger partial charge in [-0.2, -0.15) is 0 Å². The molecule has 0 spiro atoms.